The molecule has 0 aromatic heterocycles. The Morgan fingerprint density at radius 2 is 1.94 bits per heavy atom. The lowest BCUT2D eigenvalue weighted by Gasteiger charge is -2.36. The summed E-state index contributed by atoms with van der Waals surface area (Å²) >= 11 is 0. The zero-order chi connectivity index (χ0) is 12.7. The second-order valence-electron chi connectivity index (χ2n) is 5.99. The van der Waals surface area contributed by atoms with Crippen LogP contribution in [0.4, 0.5) is 0 Å². The highest BCUT2D eigenvalue weighted by Crippen LogP contribution is 2.30. The van der Waals surface area contributed by atoms with Gasteiger partial charge in [-0.15, -0.1) is 0 Å². The summed E-state index contributed by atoms with van der Waals surface area (Å²) in [7, 11) is 0. The number of hydrogen-bond acceptors (Lipinski definition) is 2. The van der Waals surface area contributed by atoms with E-state index in [0.717, 1.165) is 30.8 Å². The monoisotopic (exact) mass is 241 g/mol. The summed E-state index contributed by atoms with van der Waals surface area (Å²) < 4.78 is 0. The molecule has 0 amide bonds. The van der Waals surface area contributed by atoms with Crippen molar-refractivity contribution in [1.82, 2.24) is 5.32 Å². The minimum absolute atomic E-state index is 0.332. The van der Waals surface area contributed by atoms with E-state index in [4.69, 9.17) is 5.11 Å². The molecule has 1 rings (SSSR count). The molecule has 0 aromatic carbocycles. The van der Waals surface area contributed by atoms with Crippen LogP contribution in [-0.4, -0.2) is 24.3 Å². The third-order valence-corrected chi connectivity index (χ3v) is 4.46. The summed E-state index contributed by atoms with van der Waals surface area (Å²) in [5, 5.41) is 12.8. The fourth-order valence-electron chi connectivity index (χ4n) is 3.16. The normalized spacial score (nSPS) is 27.4. The van der Waals surface area contributed by atoms with Gasteiger partial charge < -0.3 is 10.4 Å². The molecule has 0 bridgehead atoms. The molecule has 1 aliphatic rings. The summed E-state index contributed by atoms with van der Waals surface area (Å²) in [5.41, 5.74) is 0. The second-order valence-corrected chi connectivity index (χ2v) is 5.99. The van der Waals surface area contributed by atoms with Gasteiger partial charge in [-0.25, -0.2) is 0 Å². The Hall–Kier alpha value is -0.0800. The summed E-state index contributed by atoms with van der Waals surface area (Å²) in [5.74, 6) is 2.30. The van der Waals surface area contributed by atoms with Crippen molar-refractivity contribution in [2.45, 2.75) is 65.3 Å². The van der Waals surface area contributed by atoms with E-state index in [1.165, 1.54) is 32.1 Å². The van der Waals surface area contributed by atoms with Crippen LogP contribution in [-0.2, 0) is 0 Å². The average molecular weight is 241 g/mol. The van der Waals surface area contributed by atoms with Crippen LogP contribution in [0.2, 0.25) is 0 Å². The maximum Gasteiger partial charge on any atom is 0.0434 e. The third-order valence-electron chi connectivity index (χ3n) is 4.46. The summed E-state index contributed by atoms with van der Waals surface area (Å²) in [6.07, 6.45) is 7.66. The number of rotatable bonds is 7. The lowest BCUT2D eigenvalue weighted by Crippen LogP contribution is -2.42. The highest BCUT2D eigenvalue weighted by Gasteiger charge is 2.27. The molecule has 0 aliphatic heterocycles. The van der Waals surface area contributed by atoms with Crippen LogP contribution in [0.3, 0.4) is 0 Å². The van der Waals surface area contributed by atoms with Crippen molar-refractivity contribution in [2.75, 3.05) is 13.2 Å². The van der Waals surface area contributed by atoms with E-state index in [2.05, 4.69) is 26.1 Å². The lowest BCUT2D eigenvalue weighted by molar-refractivity contribution is 0.190. The Labute approximate surface area is 107 Å². The van der Waals surface area contributed by atoms with Crippen LogP contribution in [0.25, 0.3) is 0 Å². The van der Waals surface area contributed by atoms with Gasteiger partial charge in [0, 0.05) is 12.6 Å². The molecule has 3 atom stereocenters. The third kappa shape index (κ3) is 4.97. The van der Waals surface area contributed by atoms with Crippen LogP contribution in [0, 0.1) is 17.8 Å². The SMILES string of the molecule is CCC(CCO)CNC1CCCCC1C(C)C. The van der Waals surface area contributed by atoms with Crippen LogP contribution in [0.5, 0.6) is 0 Å². The van der Waals surface area contributed by atoms with Crippen molar-refractivity contribution in [2.24, 2.45) is 17.8 Å². The van der Waals surface area contributed by atoms with Crippen LogP contribution in [0.1, 0.15) is 59.3 Å². The predicted octanol–water partition coefficient (Wildman–Crippen LogP) is 3.20. The highest BCUT2D eigenvalue weighted by atomic mass is 16.3. The molecule has 102 valence electrons. The number of nitrogens with one attached hydrogen (secondary N) is 1. The molecule has 2 heteroatoms. The molecule has 17 heavy (non-hydrogen) atoms. The molecule has 1 fully saturated rings. The predicted molar refractivity (Wildman–Crippen MR) is 74.1 cm³/mol. The quantitative estimate of drug-likeness (QED) is 0.717. The van der Waals surface area contributed by atoms with Gasteiger partial charge >= 0.3 is 0 Å². The topological polar surface area (TPSA) is 32.3 Å². The van der Waals surface area contributed by atoms with Gasteiger partial charge in [0.2, 0.25) is 0 Å². The molecule has 1 saturated carbocycles. The van der Waals surface area contributed by atoms with Gasteiger partial charge in [-0.3, -0.25) is 0 Å². The van der Waals surface area contributed by atoms with E-state index < -0.39 is 0 Å². The van der Waals surface area contributed by atoms with Crippen LogP contribution in [0.15, 0.2) is 0 Å². The van der Waals surface area contributed by atoms with Crippen molar-refractivity contribution in [1.29, 1.82) is 0 Å². The number of aliphatic hydroxyl groups excluding tert-OH is 1. The van der Waals surface area contributed by atoms with Gasteiger partial charge in [0.1, 0.15) is 0 Å². The minimum atomic E-state index is 0.332. The fourth-order valence-corrected chi connectivity index (χ4v) is 3.16. The van der Waals surface area contributed by atoms with Crippen molar-refractivity contribution in [3.8, 4) is 0 Å². The molecule has 1 aliphatic carbocycles. The molecular weight excluding hydrogens is 210 g/mol. The number of hydrogen-bond donors (Lipinski definition) is 2. The van der Waals surface area contributed by atoms with Crippen LogP contribution < -0.4 is 5.32 Å². The maximum absolute atomic E-state index is 9.02. The van der Waals surface area contributed by atoms with Gasteiger partial charge in [0.25, 0.3) is 0 Å². The van der Waals surface area contributed by atoms with E-state index in [1.54, 1.807) is 0 Å². The van der Waals surface area contributed by atoms with Gasteiger partial charge in [0.05, 0.1) is 0 Å². The molecule has 0 spiro atoms. The molecule has 0 radical (unpaired) electrons. The highest BCUT2D eigenvalue weighted by molar-refractivity contribution is 4.83. The lowest BCUT2D eigenvalue weighted by atomic mass is 9.77. The molecule has 2 nitrogen and oxygen atoms in total. The zero-order valence-electron chi connectivity index (χ0n) is 11.9. The summed E-state index contributed by atoms with van der Waals surface area (Å²) in [6, 6.07) is 0.719. The first kappa shape index (κ1) is 15.0. The van der Waals surface area contributed by atoms with Crippen molar-refractivity contribution >= 4 is 0 Å². The average Bonchev–Trinajstić information content (AvgIpc) is 2.34. The van der Waals surface area contributed by atoms with E-state index >= 15 is 0 Å². The Morgan fingerprint density at radius 1 is 1.24 bits per heavy atom. The molecular formula is C15H31NO. The molecule has 0 heterocycles. The minimum Gasteiger partial charge on any atom is -0.396 e. The first-order chi connectivity index (χ1) is 8.19. The Morgan fingerprint density at radius 3 is 2.53 bits per heavy atom. The van der Waals surface area contributed by atoms with Gasteiger partial charge in [0.15, 0.2) is 0 Å². The van der Waals surface area contributed by atoms with Gasteiger partial charge in [-0.2, -0.15) is 0 Å². The Balaban J connectivity index is 2.36. The van der Waals surface area contributed by atoms with Gasteiger partial charge in [-0.1, -0.05) is 40.0 Å². The largest absolute Gasteiger partial charge is 0.396 e. The smallest absolute Gasteiger partial charge is 0.0434 e. The Kier molecular flexibility index (Phi) is 7.14. The van der Waals surface area contributed by atoms with Crippen molar-refractivity contribution < 1.29 is 5.11 Å². The standard InChI is InChI=1S/C15H31NO/c1-4-13(9-10-17)11-16-15-8-6-5-7-14(15)12(2)3/h12-17H,4-11H2,1-3H3. The summed E-state index contributed by atoms with van der Waals surface area (Å²) in [4.78, 5) is 0. The van der Waals surface area contributed by atoms with E-state index in [-0.39, 0.29) is 0 Å². The molecule has 0 aromatic rings. The first-order valence-electron chi connectivity index (χ1n) is 7.53. The molecule has 3 unspecified atom stereocenters. The van der Waals surface area contributed by atoms with Crippen LogP contribution >= 0.6 is 0 Å². The van der Waals surface area contributed by atoms with Gasteiger partial charge in [-0.05, 0) is 43.6 Å². The molecule has 0 saturated heterocycles. The fraction of sp³-hybridized carbons (Fsp3) is 1.00. The molecule has 2 N–H and O–H groups in total. The van der Waals surface area contributed by atoms with E-state index in [0.29, 0.717) is 12.5 Å². The van der Waals surface area contributed by atoms with E-state index in [9.17, 15) is 0 Å². The summed E-state index contributed by atoms with van der Waals surface area (Å²) in [6.45, 7) is 8.36. The van der Waals surface area contributed by atoms with E-state index in [1.807, 2.05) is 0 Å². The zero-order valence-corrected chi connectivity index (χ0v) is 11.9. The number of aliphatic hydroxyl groups is 1. The van der Waals surface area contributed by atoms with Crippen molar-refractivity contribution in [3.63, 3.8) is 0 Å². The maximum atomic E-state index is 9.02. The second kappa shape index (κ2) is 8.10. The first-order valence-corrected chi connectivity index (χ1v) is 7.53. The van der Waals surface area contributed by atoms with Crippen molar-refractivity contribution in [3.05, 3.63) is 0 Å². The Bertz CT molecular complexity index is 193.